The van der Waals surface area contributed by atoms with Crippen LogP contribution in [0.1, 0.15) is 50.2 Å². The summed E-state index contributed by atoms with van der Waals surface area (Å²) in [5.41, 5.74) is -5.93. The monoisotopic (exact) mass is 527 g/mol. The lowest BCUT2D eigenvalue weighted by Crippen LogP contribution is -2.39. The first-order chi connectivity index (χ1) is 16.9. The maximum atomic E-state index is 13.2. The van der Waals surface area contributed by atoms with E-state index in [2.05, 4.69) is 20.3 Å². The lowest BCUT2D eigenvalue weighted by molar-refractivity contribution is -0.0957. The zero-order valence-electron chi connectivity index (χ0n) is 19.6. The summed E-state index contributed by atoms with van der Waals surface area (Å²) >= 11 is 0. The molecule has 10 nitrogen and oxygen atoms in total. The summed E-state index contributed by atoms with van der Waals surface area (Å²) in [4.78, 5) is 25.1. The third kappa shape index (κ3) is 4.44. The highest BCUT2D eigenvalue weighted by molar-refractivity contribution is 7.87. The smallest absolute Gasteiger partial charge is 0.348 e. The number of hydrogen-bond donors (Lipinski definition) is 1. The molecule has 1 aliphatic heterocycles. The predicted octanol–water partition coefficient (Wildman–Crippen LogP) is 4.04. The summed E-state index contributed by atoms with van der Waals surface area (Å²) in [6.45, 7) is 5.18. The molecule has 0 bridgehead atoms. The van der Waals surface area contributed by atoms with Crippen molar-refractivity contribution < 1.29 is 35.3 Å². The molecule has 2 aromatic heterocycles. The Balaban J connectivity index is 1.74. The number of amides is 1. The number of fused-ring (bicyclic) bond motifs is 1. The molecule has 1 N–H and O–H groups in total. The van der Waals surface area contributed by atoms with Crippen LogP contribution in [0.4, 0.5) is 19.0 Å². The van der Waals surface area contributed by atoms with Crippen LogP contribution in [0.2, 0.25) is 0 Å². The third-order valence-corrected chi connectivity index (χ3v) is 7.62. The summed E-state index contributed by atoms with van der Waals surface area (Å²) in [6, 6.07) is 8.37. The summed E-state index contributed by atoms with van der Waals surface area (Å²) in [7, 11) is -5.92. The first kappa shape index (κ1) is 26.0. The maximum absolute atomic E-state index is 13.2. The topological polar surface area (TPSA) is 125 Å². The number of benzene rings is 1. The molecule has 1 aromatic carbocycles. The van der Waals surface area contributed by atoms with Gasteiger partial charge >= 0.3 is 15.6 Å². The second-order valence-corrected chi connectivity index (χ2v) is 9.96. The molecule has 1 fully saturated rings. The van der Waals surface area contributed by atoms with E-state index in [-0.39, 0.29) is 17.0 Å². The van der Waals surface area contributed by atoms with Gasteiger partial charge in [0.25, 0.3) is 5.91 Å². The van der Waals surface area contributed by atoms with E-state index >= 15 is 0 Å². The Morgan fingerprint density at radius 1 is 1.17 bits per heavy atom. The van der Waals surface area contributed by atoms with Crippen molar-refractivity contribution in [3.8, 4) is 0 Å². The van der Waals surface area contributed by atoms with Crippen molar-refractivity contribution in [2.75, 3.05) is 5.32 Å². The van der Waals surface area contributed by atoms with Gasteiger partial charge in [0.05, 0.1) is 11.9 Å². The van der Waals surface area contributed by atoms with Crippen molar-refractivity contribution in [3.05, 3.63) is 48.5 Å². The van der Waals surface area contributed by atoms with Gasteiger partial charge in [-0.15, -0.1) is 0 Å². The molecule has 36 heavy (non-hydrogen) atoms. The molecule has 3 heterocycles. The number of nitrogens with zero attached hydrogens (tertiary/aromatic N) is 4. The van der Waals surface area contributed by atoms with Gasteiger partial charge in [0, 0.05) is 11.5 Å². The van der Waals surface area contributed by atoms with Gasteiger partial charge < -0.3 is 10.1 Å². The molecular weight excluding hydrogens is 503 g/mol. The Morgan fingerprint density at radius 2 is 1.83 bits per heavy atom. The minimum atomic E-state index is -5.92. The standard InChI is InChI=1S/C22H24F3N5O5S/c1-4-21(5-2)13(3)16(35-36(32,33)22(23,24)25)20(34-21)30-12-28-15-17(26-11-27-18(15)30)29-19(31)14-9-7-6-8-10-14/h6-13,16,20H,4-5H2,1-3H3,(H,26,27,29,31)/t13-,16?,20-/m1/s1. The average molecular weight is 528 g/mol. The number of aromatic nitrogens is 4. The molecule has 3 aromatic rings. The fourth-order valence-electron chi connectivity index (χ4n) is 4.47. The minimum Gasteiger partial charge on any atom is -0.348 e. The number of anilines is 1. The number of imidazole rings is 1. The number of carbonyl (C=O) groups excluding carboxylic acids is 1. The molecule has 0 aliphatic carbocycles. The normalized spacial score (nSPS) is 22.1. The lowest BCUT2D eigenvalue weighted by Gasteiger charge is -2.31. The molecule has 0 saturated carbocycles. The third-order valence-electron chi connectivity index (χ3n) is 6.58. The van der Waals surface area contributed by atoms with Crippen LogP contribution in [0.15, 0.2) is 43.0 Å². The van der Waals surface area contributed by atoms with E-state index in [0.717, 1.165) is 6.33 Å². The molecule has 1 aliphatic rings. The Labute approximate surface area is 205 Å². The zero-order chi connectivity index (χ0) is 26.3. The molecular formula is C22H24F3N5O5S. The predicted molar refractivity (Wildman–Crippen MR) is 122 cm³/mol. The number of hydrogen-bond acceptors (Lipinski definition) is 8. The lowest BCUT2D eigenvalue weighted by atomic mass is 9.83. The van der Waals surface area contributed by atoms with Crippen molar-refractivity contribution in [1.29, 1.82) is 0 Å². The van der Waals surface area contributed by atoms with Crippen molar-refractivity contribution in [2.24, 2.45) is 5.92 Å². The van der Waals surface area contributed by atoms with E-state index in [9.17, 15) is 26.4 Å². The first-order valence-electron chi connectivity index (χ1n) is 11.2. The van der Waals surface area contributed by atoms with E-state index in [1.807, 2.05) is 0 Å². The molecule has 1 unspecified atom stereocenters. The molecule has 1 amide bonds. The Hall–Kier alpha value is -3.10. The van der Waals surface area contributed by atoms with Crippen molar-refractivity contribution in [3.63, 3.8) is 0 Å². The molecule has 0 spiro atoms. The molecule has 1 saturated heterocycles. The van der Waals surface area contributed by atoms with E-state index in [4.69, 9.17) is 8.92 Å². The summed E-state index contributed by atoms with van der Waals surface area (Å²) in [5, 5.41) is 2.64. The van der Waals surface area contributed by atoms with Crippen molar-refractivity contribution in [2.45, 2.75) is 57.1 Å². The van der Waals surface area contributed by atoms with Crippen LogP contribution in [-0.4, -0.2) is 51.1 Å². The van der Waals surface area contributed by atoms with Crippen LogP contribution >= 0.6 is 0 Å². The van der Waals surface area contributed by atoms with Gasteiger partial charge in [-0.3, -0.25) is 13.5 Å². The van der Waals surface area contributed by atoms with Gasteiger partial charge in [-0.25, -0.2) is 15.0 Å². The Bertz CT molecular complexity index is 1360. The van der Waals surface area contributed by atoms with Gasteiger partial charge in [0.15, 0.2) is 23.2 Å². The zero-order valence-corrected chi connectivity index (χ0v) is 20.4. The number of rotatable bonds is 7. The summed E-state index contributed by atoms with van der Waals surface area (Å²) in [6.07, 6.45) is 0.364. The number of carbonyl (C=O) groups is 1. The molecule has 3 atom stereocenters. The highest BCUT2D eigenvalue weighted by atomic mass is 32.2. The average Bonchev–Trinajstić information content (AvgIpc) is 3.39. The Morgan fingerprint density at radius 3 is 2.44 bits per heavy atom. The van der Waals surface area contributed by atoms with E-state index < -0.39 is 45.4 Å². The van der Waals surface area contributed by atoms with Crippen molar-refractivity contribution in [1.82, 2.24) is 19.5 Å². The van der Waals surface area contributed by atoms with Crippen LogP contribution in [0, 0.1) is 5.92 Å². The quantitative estimate of drug-likeness (QED) is 0.361. The fourth-order valence-corrected chi connectivity index (χ4v) is 5.13. The number of nitrogens with one attached hydrogen (secondary N) is 1. The first-order valence-corrected chi connectivity index (χ1v) is 12.6. The molecule has 14 heteroatoms. The van der Waals surface area contributed by atoms with Gasteiger partial charge in [0.1, 0.15) is 12.4 Å². The number of alkyl halides is 3. The maximum Gasteiger partial charge on any atom is 0.523 e. The summed E-state index contributed by atoms with van der Waals surface area (Å²) < 4.78 is 75.6. The van der Waals surface area contributed by atoms with Crippen molar-refractivity contribution >= 4 is 33.0 Å². The second-order valence-electron chi connectivity index (χ2n) is 8.40. The van der Waals surface area contributed by atoms with Crippen LogP contribution in [0.25, 0.3) is 11.2 Å². The van der Waals surface area contributed by atoms with Crippen LogP contribution in [-0.2, 0) is 19.0 Å². The van der Waals surface area contributed by atoms with E-state index in [1.165, 1.54) is 10.9 Å². The largest absolute Gasteiger partial charge is 0.523 e. The SMILES string of the molecule is CCC1(CC)O[C@@H](n2cnc3c(NC(=O)c4ccccc4)ncnc32)C(OS(=O)(=O)C(F)(F)F)[C@H]1C. The number of halogens is 3. The number of ether oxygens (including phenoxy) is 1. The highest BCUT2D eigenvalue weighted by Crippen LogP contribution is 2.48. The van der Waals surface area contributed by atoms with Gasteiger partial charge in [0.2, 0.25) is 0 Å². The fraction of sp³-hybridized carbons (Fsp3) is 0.455. The van der Waals surface area contributed by atoms with Gasteiger partial charge in [-0.05, 0) is 25.0 Å². The molecule has 194 valence electrons. The Kier molecular flexibility index (Phi) is 6.79. The van der Waals surface area contributed by atoms with Gasteiger partial charge in [-0.2, -0.15) is 21.6 Å². The van der Waals surface area contributed by atoms with E-state index in [0.29, 0.717) is 18.4 Å². The minimum absolute atomic E-state index is 0.0660. The van der Waals surface area contributed by atoms with Gasteiger partial charge in [-0.1, -0.05) is 39.0 Å². The van der Waals surface area contributed by atoms with Crippen LogP contribution < -0.4 is 5.32 Å². The second kappa shape index (κ2) is 9.41. The highest BCUT2D eigenvalue weighted by Gasteiger charge is 2.57. The van der Waals surface area contributed by atoms with E-state index in [1.54, 1.807) is 51.1 Å². The molecule has 0 radical (unpaired) electrons. The van der Waals surface area contributed by atoms with Crippen LogP contribution in [0.5, 0.6) is 0 Å². The molecule has 4 rings (SSSR count). The van der Waals surface area contributed by atoms with Crippen LogP contribution in [0.3, 0.4) is 0 Å². The summed E-state index contributed by atoms with van der Waals surface area (Å²) in [5.74, 6) is -1.12.